The van der Waals surface area contributed by atoms with Gasteiger partial charge in [-0.15, -0.1) is 0 Å². The normalized spacial score (nSPS) is 22.1. The zero-order valence-corrected chi connectivity index (χ0v) is 40.8. The number of nitrogens with zero attached hydrogens (tertiary/aromatic N) is 4. The number of allylic oxidation sites excluding steroid dienone is 1. The Hall–Kier alpha value is -4.24. The molecule has 332 valence electrons. The third-order valence-electron chi connectivity index (χ3n) is 14.8. The summed E-state index contributed by atoms with van der Waals surface area (Å²) in [5.41, 5.74) is 9.93. The van der Waals surface area contributed by atoms with Crippen LogP contribution in [0.1, 0.15) is 103 Å². The Labute approximate surface area is 369 Å². The number of ether oxygens (including phenoxy) is 1. The van der Waals surface area contributed by atoms with Crippen LogP contribution in [0.5, 0.6) is 0 Å². The van der Waals surface area contributed by atoms with Gasteiger partial charge in [0.05, 0.1) is 48.5 Å². The SMILES string of the molecule is CC(C)(C)[Si](C)(C)OC[C@@]12CC(=O)CCC1=Cc1c(cnn1-c1ccc(F)cc1)C2.COC=C1CCC2=Cc3c(cnn3-c3ccc(F)cc3)C[C@]2(CO[Si](C)(C)C(C)(C)C)C1. The van der Waals surface area contributed by atoms with E-state index in [9.17, 15) is 13.6 Å². The lowest BCUT2D eigenvalue weighted by Gasteiger charge is -2.46. The summed E-state index contributed by atoms with van der Waals surface area (Å²) in [5, 5.41) is 9.55. The molecule has 2 saturated carbocycles. The second-order valence-corrected chi connectivity index (χ2v) is 30.8. The number of Topliss-reactive ketones (excluding diaryl/α,β-unsaturated/α-hetero) is 1. The quantitative estimate of drug-likeness (QED) is 0.123. The molecule has 2 atom stereocenters. The molecule has 0 bridgehead atoms. The maximum atomic E-state index is 13.4. The summed E-state index contributed by atoms with van der Waals surface area (Å²) in [5.74, 6) is -0.175. The van der Waals surface area contributed by atoms with Crippen LogP contribution in [-0.2, 0) is 31.2 Å². The molecule has 0 saturated heterocycles. The second-order valence-electron chi connectivity index (χ2n) is 21.1. The average Bonchev–Trinajstić information content (AvgIpc) is 3.81. The van der Waals surface area contributed by atoms with Gasteiger partial charge in [-0.3, -0.25) is 4.79 Å². The number of aromatic nitrogens is 4. The molecule has 4 aliphatic rings. The summed E-state index contributed by atoms with van der Waals surface area (Å²) >= 11 is 0. The summed E-state index contributed by atoms with van der Waals surface area (Å²) in [4.78, 5) is 12.5. The Kier molecular flexibility index (Phi) is 12.6. The maximum absolute atomic E-state index is 13.4. The highest BCUT2D eigenvalue weighted by Crippen LogP contribution is 2.52. The van der Waals surface area contributed by atoms with Crippen LogP contribution < -0.4 is 0 Å². The summed E-state index contributed by atoms with van der Waals surface area (Å²) in [6, 6.07) is 12.9. The molecule has 12 heteroatoms. The molecule has 8 nitrogen and oxygen atoms in total. The van der Waals surface area contributed by atoms with Gasteiger partial charge in [0, 0.05) is 36.9 Å². The van der Waals surface area contributed by atoms with Gasteiger partial charge in [-0.2, -0.15) is 10.2 Å². The lowest BCUT2D eigenvalue weighted by atomic mass is 9.63. The van der Waals surface area contributed by atoms with Gasteiger partial charge in [-0.1, -0.05) is 52.7 Å². The van der Waals surface area contributed by atoms with Crippen LogP contribution in [-0.4, -0.2) is 62.3 Å². The van der Waals surface area contributed by atoms with Gasteiger partial charge in [-0.05, 0) is 152 Å². The first-order valence-electron chi connectivity index (χ1n) is 22.1. The monoisotopic (exact) mass is 880 g/mol. The van der Waals surface area contributed by atoms with Crippen molar-refractivity contribution < 1.29 is 27.2 Å². The largest absolute Gasteiger partial charge is 0.504 e. The first-order chi connectivity index (χ1) is 29.1. The third kappa shape index (κ3) is 9.21. The van der Waals surface area contributed by atoms with Gasteiger partial charge in [0.25, 0.3) is 0 Å². The molecule has 0 N–H and O–H groups in total. The van der Waals surface area contributed by atoms with Crippen molar-refractivity contribution in [2.45, 2.75) is 129 Å². The van der Waals surface area contributed by atoms with Crippen LogP contribution in [0.3, 0.4) is 0 Å². The Bertz CT molecular complexity index is 2380. The molecule has 0 radical (unpaired) electrons. The maximum Gasteiger partial charge on any atom is 0.192 e. The molecular formula is C50H66F2N4O4Si2. The van der Waals surface area contributed by atoms with E-state index in [1.807, 2.05) is 28.0 Å². The average molecular weight is 881 g/mol. The summed E-state index contributed by atoms with van der Waals surface area (Å²) in [7, 11) is -2.10. The molecule has 2 fully saturated rings. The minimum absolute atomic E-state index is 0.0677. The number of carbonyl (C=O) groups is 1. The Morgan fingerprint density at radius 2 is 1.06 bits per heavy atom. The second kappa shape index (κ2) is 17.0. The molecular weight excluding hydrogens is 815 g/mol. The van der Waals surface area contributed by atoms with Crippen LogP contribution in [0.4, 0.5) is 8.78 Å². The zero-order valence-electron chi connectivity index (χ0n) is 38.8. The van der Waals surface area contributed by atoms with E-state index < -0.39 is 16.6 Å². The molecule has 2 aromatic carbocycles. The van der Waals surface area contributed by atoms with Gasteiger partial charge in [0.2, 0.25) is 0 Å². The minimum Gasteiger partial charge on any atom is -0.504 e. The summed E-state index contributed by atoms with van der Waals surface area (Å²) in [6.07, 6.45) is 16.8. The van der Waals surface area contributed by atoms with Gasteiger partial charge >= 0.3 is 0 Å². The number of benzene rings is 2. The molecule has 4 aromatic rings. The minimum atomic E-state index is -1.93. The fraction of sp³-hybridized carbons (Fsp3) is 0.500. The van der Waals surface area contributed by atoms with Crippen molar-refractivity contribution in [2.75, 3.05) is 20.3 Å². The van der Waals surface area contributed by atoms with Crippen LogP contribution in [0.25, 0.3) is 23.5 Å². The summed E-state index contributed by atoms with van der Waals surface area (Å²) < 4.78 is 49.4. The number of ketones is 1. The van der Waals surface area contributed by atoms with Crippen molar-refractivity contribution in [1.82, 2.24) is 19.6 Å². The van der Waals surface area contributed by atoms with Crippen LogP contribution >= 0.6 is 0 Å². The molecule has 0 aliphatic heterocycles. The first-order valence-corrected chi connectivity index (χ1v) is 28.0. The molecule has 2 heterocycles. The first kappa shape index (κ1) is 45.8. The van der Waals surface area contributed by atoms with E-state index in [1.54, 1.807) is 31.4 Å². The van der Waals surface area contributed by atoms with Gasteiger partial charge < -0.3 is 13.6 Å². The van der Waals surface area contributed by atoms with Gasteiger partial charge in [-0.25, -0.2) is 18.1 Å². The van der Waals surface area contributed by atoms with Crippen LogP contribution in [0.2, 0.25) is 36.3 Å². The third-order valence-corrected chi connectivity index (χ3v) is 23.7. The fourth-order valence-electron chi connectivity index (χ4n) is 8.84. The van der Waals surface area contributed by atoms with Crippen LogP contribution in [0, 0.1) is 22.5 Å². The predicted octanol–water partition coefficient (Wildman–Crippen LogP) is 12.4. The lowest BCUT2D eigenvalue weighted by Crippen LogP contribution is -2.47. The van der Waals surface area contributed by atoms with Gasteiger partial charge in [0.1, 0.15) is 17.4 Å². The standard InChI is InChI=1S/C26H35FN2O2Si.C24H31FN2O2Si/c1-25(2,3)32(5,6)31-18-26-14-19(17-30-4)7-8-21(26)13-24-20(15-26)16-28-29(24)23-11-9-22(27)10-12-23;1-23(2,3)30(4,5)29-16-24-13-17-15-26-27(20-9-7-19(25)8-10-20)22(17)12-18(24)6-11-21(28)14-24/h9-13,16-17H,7-8,14-15,18H2,1-6H3;7-10,12,15H,6,11,13-14,16H2,1-5H3/t26-;24-/m01/s1. The number of hydrogen-bond donors (Lipinski definition) is 0. The van der Waals surface area contributed by atoms with Crippen molar-refractivity contribution in [3.8, 4) is 11.4 Å². The molecule has 62 heavy (non-hydrogen) atoms. The lowest BCUT2D eigenvalue weighted by molar-refractivity contribution is -0.122. The predicted molar refractivity (Wildman–Crippen MR) is 249 cm³/mol. The highest BCUT2D eigenvalue weighted by Gasteiger charge is 2.48. The van der Waals surface area contributed by atoms with Crippen molar-refractivity contribution in [2.24, 2.45) is 10.8 Å². The Morgan fingerprint density at radius 3 is 1.48 bits per heavy atom. The topological polar surface area (TPSA) is 80.4 Å². The van der Waals surface area contributed by atoms with Crippen LogP contribution in [0.15, 0.2) is 83.9 Å². The molecule has 2 aromatic heterocycles. The van der Waals surface area contributed by atoms with E-state index in [2.05, 4.69) is 90.1 Å². The number of methoxy groups -OCH3 is 1. The highest BCUT2D eigenvalue weighted by atomic mass is 28.4. The van der Waals surface area contributed by atoms with E-state index in [-0.39, 0.29) is 32.5 Å². The van der Waals surface area contributed by atoms with E-state index in [0.717, 1.165) is 73.5 Å². The van der Waals surface area contributed by atoms with Gasteiger partial charge in [0.15, 0.2) is 16.6 Å². The van der Waals surface area contributed by atoms with E-state index in [4.69, 9.17) is 13.6 Å². The number of hydrogen-bond acceptors (Lipinski definition) is 6. The molecule has 0 amide bonds. The van der Waals surface area contributed by atoms with Crippen molar-refractivity contribution >= 4 is 34.6 Å². The molecule has 0 unspecified atom stereocenters. The highest BCUT2D eigenvalue weighted by molar-refractivity contribution is 6.74. The number of fused-ring (bicyclic) bond motifs is 4. The fourth-order valence-corrected chi connectivity index (χ4v) is 11.0. The summed E-state index contributed by atoms with van der Waals surface area (Å²) in [6.45, 7) is 24.1. The van der Waals surface area contributed by atoms with E-state index >= 15 is 0 Å². The molecule has 0 spiro atoms. The number of rotatable bonds is 9. The van der Waals surface area contributed by atoms with Crippen molar-refractivity contribution in [3.05, 3.63) is 118 Å². The van der Waals surface area contributed by atoms with Crippen molar-refractivity contribution in [3.63, 3.8) is 0 Å². The Balaban J connectivity index is 0.000000187. The molecule has 4 aliphatic carbocycles. The zero-order chi connectivity index (χ0) is 44.9. The number of carbonyl (C=O) groups excluding carboxylic acids is 1. The number of halogens is 2. The molecule has 8 rings (SSSR count). The van der Waals surface area contributed by atoms with Crippen molar-refractivity contribution in [1.29, 1.82) is 0 Å². The Morgan fingerprint density at radius 1 is 0.645 bits per heavy atom. The smallest absolute Gasteiger partial charge is 0.192 e. The van der Waals surface area contributed by atoms with E-state index in [1.165, 1.54) is 46.5 Å². The van der Waals surface area contributed by atoms with E-state index in [0.29, 0.717) is 25.2 Å².